The Morgan fingerprint density at radius 3 is 1.27 bits per heavy atom. The van der Waals surface area contributed by atoms with Gasteiger partial charge < -0.3 is 19.7 Å². The van der Waals surface area contributed by atoms with Crippen molar-refractivity contribution in [2.24, 2.45) is 11.8 Å². The molecule has 6 rings (SSSR count). The van der Waals surface area contributed by atoms with Gasteiger partial charge in [0.25, 0.3) is 0 Å². The van der Waals surface area contributed by atoms with E-state index in [9.17, 15) is 10.2 Å². The van der Waals surface area contributed by atoms with Gasteiger partial charge in [0.15, 0.2) is 24.3 Å². The molecule has 0 aromatic carbocycles. The summed E-state index contributed by atoms with van der Waals surface area (Å²) in [6.45, 7) is 0. The average Bonchev–Trinajstić information content (AvgIpc) is 3.44. The maximum atomic E-state index is 11.9. The third kappa shape index (κ3) is 5.82. The summed E-state index contributed by atoms with van der Waals surface area (Å²) in [6, 6.07) is 0.996. The van der Waals surface area contributed by atoms with Crippen molar-refractivity contribution < 1.29 is 29.7 Å². The Labute approximate surface area is 202 Å². The standard InChI is InChI=1S/2C13H20NO2.Be/c2*15-11-7-3-1-5-9(11)13-14-10-6-2-4-8-12(10)16-13;/h2*9-12H,1-8H2;/q2*-1;+2/p+2. The Kier molecular flexibility index (Phi) is 8.86. The first-order valence-electron chi connectivity index (χ1n) is 13.6. The molecule has 4 aliphatic carbocycles. The zero-order valence-corrected chi connectivity index (χ0v) is 20.3. The zero-order valence-electron chi connectivity index (χ0n) is 20.3. The van der Waals surface area contributed by atoms with Crippen molar-refractivity contribution in [3.63, 3.8) is 0 Å². The van der Waals surface area contributed by atoms with E-state index in [1.54, 1.807) is 0 Å². The van der Waals surface area contributed by atoms with Gasteiger partial charge in [0.2, 0.25) is 0 Å². The largest absolute Gasteiger partial charge is 2.00 e. The molecule has 4 fully saturated rings. The molecular formula is C26H42BeN2O4+2. The van der Waals surface area contributed by atoms with E-state index in [0.717, 1.165) is 63.2 Å². The van der Waals surface area contributed by atoms with Crippen LogP contribution in [0.25, 0.3) is 0 Å². The van der Waals surface area contributed by atoms with E-state index < -0.39 is 12.2 Å². The fourth-order valence-corrected chi connectivity index (χ4v) is 6.75. The second-order valence-corrected chi connectivity index (χ2v) is 11.0. The molecule has 2 aliphatic heterocycles. The van der Waals surface area contributed by atoms with Gasteiger partial charge in [-0.2, -0.15) is 0 Å². The molecule has 4 saturated carbocycles. The van der Waals surface area contributed by atoms with Crippen LogP contribution in [0.4, 0.5) is 0 Å². The number of nitrogens with one attached hydrogen (secondary N) is 2. The summed E-state index contributed by atoms with van der Waals surface area (Å²) in [5, 5.41) is 23.9. The van der Waals surface area contributed by atoms with Crippen LogP contribution >= 0.6 is 0 Å². The Balaban J connectivity index is 0.000000152. The van der Waals surface area contributed by atoms with Crippen LogP contribution in [-0.2, 0) is 9.47 Å². The Hall–Kier alpha value is -0.971. The van der Waals surface area contributed by atoms with Crippen LogP contribution in [0, 0.1) is 11.8 Å². The number of rotatable bonds is 2. The molecule has 0 amide bonds. The normalized spacial score (nSPS) is 42.1. The molecule has 6 nitrogen and oxygen atoms in total. The molecule has 8 unspecified atom stereocenters. The molecule has 0 saturated heterocycles. The molecule has 0 aromatic heterocycles. The van der Waals surface area contributed by atoms with E-state index in [4.69, 9.17) is 9.47 Å². The maximum Gasteiger partial charge on any atom is 2.00 e. The summed E-state index contributed by atoms with van der Waals surface area (Å²) in [6.07, 6.45) is 18.0. The van der Waals surface area contributed by atoms with Gasteiger partial charge >= 0.3 is 21.9 Å². The van der Waals surface area contributed by atoms with Crippen molar-refractivity contribution in [2.45, 2.75) is 139 Å². The molecule has 2 N–H and O–H groups in total. The van der Waals surface area contributed by atoms with Crippen LogP contribution in [0.2, 0.25) is 0 Å². The molecule has 7 heteroatoms. The van der Waals surface area contributed by atoms with Crippen LogP contribution in [0.3, 0.4) is 0 Å². The van der Waals surface area contributed by atoms with Gasteiger partial charge in [-0.3, -0.25) is 0 Å². The van der Waals surface area contributed by atoms with E-state index >= 15 is 0 Å². The van der Waals surface area contributed by atoms with Crippen molar-refractivity contribution in [3.8, 4) is 0 Å². The van der Waals surface area contributed by atoms with Crippen LogP contribution in [-0.4, -0.2) is 58.4 Å². The summed E-state index contributed by atoms with van der Waals surface area (Å²) >= 11 is 0. The van der Waals surface area contributed by atoms with Crippen molar-refractivity contribution in [1.82, 2.24) is 0 Å². The first-order valence-corrected chi connectivity index (χ1v) is 13.6. The van der Waals surface area contributed by atoms with E-state index in [0.29, 0.717) is 24.3 Å². The van der Waals surface area contributed by atoms with Gasteiger partial charge in [-0.05, 0) is 51.4 Å². The molecule has 2 heterocycles. The molecular weight excluding hydrogens is 413 g/mol. The number of hydrogen-bond donors (Lipinski definition) is 2. The summed E-state index contributed by atoms with van der Waals surface area (Å²) in [5.74, 6) is 2.16. The minimum atomic E-state index is -0.434. The predicted octanol–water partition coefficient (Wildman–Crippen LogP) is -0.929. The molecule has 180 valence electrons. The quantitative estimate of drug-likeness (QED) is 0.527. The molecule has 33 heavy (non-hydrogen) atoms. The van der Waals surface area contributed by atoms with Gasteiger partial charge in [0.1, 0.15) is 0 Å². The Morgan fingerprint density at radius 2 is 0.879 bits per heavy atom. The molecule has 0 bridgehead atoms. The van der Waals surface area contributed by atoms with Crippen molar-refractivity contribution >= 4 is 21.9 Å². The topological polar surface area (TPSA) is 92.5 Å². The Morgan fingerprint density at radius 1 is 0.515 bits per heavy atom. The first kappa shape index (κ1) is 25.1. The average molecular weight is 456 g/mol. The molecule has 0 spiro atoms. The third-order valence-electron chi connectivity index (χ3n) is 8.70. The smallest absolute Gasteiger partial charge is 0.851 e. The minimum Gasteiger partial charge on any atom is -0.851 e. The molecule has 0 radical (unpaired) electrons. The fourth-order valence-electron chi connectivity index (χ4n) is 6.75. The van der Waals surface area contributed by atoms with E-state index in [2.05, 4.69) is 9.98 Å². The van der Waals surface area contributed by atoms with E-state index in [1.807, 2.05) is 0 Å². The number of hydrogen-bond acceptors (Lipinski definition) is 4. The molecule has 6 aliphatic rings. The van der Waals surface area contributed by atoms with Crippen molar-refractivity contribution in [2.75, 3.05) is 0 Å². The van der Waals surface area contributed by atoms with E-state index in [-0.39, 0.29) is 22.0 Å². The first-order chi connectivity index (χ1) is 15.7. The van der Waals surface area contributed by atoms with E-state index in [1.165, 1.54) is 51.4 Å². The summed E-state index contributed by atoms with van der Waals surface area (Å²) in [7, 11) is 0. The van der Waals surface area contributed by atoms with Gasteiger partial charge in [-0.15, -0.1) is 12.2 Å². The van der Waals surface area contributed by atoms with Crippen LogP contribution in [0.1, 0.15) is 103 Å². The third-order valence-corrected chi connectivity index (χ3v) is 8.70. The monoisotopic (exact) mass is 455 g/mol. The number of fused-ring (bicyclic) bond motifs is 2. The van der Waals surface area contributed by atoms with Gasteiger partial charge in [0, 0.05) is 12.8 Å². The van der Waals surface area contributed by atoms with Gasteiger partial charge in [-0.25, -0.2) is 9.98 Å². The summed E-state index contributed by atoms with van der Waals surface area (Å²) in [5.41, 5.74) is 0. The summed E-state index contributed by atoms with van der Waals surface area (Å²) < 4.78 is 12.0. The second kappa shape index (κ2) is 11.6. The molecule has 0 aromatic rings. The van der Waals surface area contributed by atoms with Gasteiger partial charge in [-0.1, -0.05) is 38.5 Å². The number of ether oxygens (including phenoxy) is 2. The zero-order chi connectivity index (χ0) is 21.9. The van der Waals surface area contributed by atoms with Gasteiger partial charge in [0.05, 0.1) is 11.8 Å². The second-order valence-electron chi connectivity index (χ2n) is 11.0. The predicted molar refractivity (Wildman–Crippen MR) is 123 cm³/mol. The van der Waals surface area contributed by atoms with Crippen molar-refractivity contribution in [3.05, 3.63) is 0 Å². The SMILES string of the molecule is [Be+2].[O-]C1CCCCC1C1=[NH+]C2CCCCC2O1.[O-]C1CCCCC1C1=[NH+]C2CCCCC2O1. The van der Waals surface area contributed by atoms with Crippen LogP contribution in [0.5, 0.6) is 0 Å². The summed E-state index contributed by atoms with van der Waals surface area (Å²) in [4.78, 5) is 6.97. The minimum absolute atomic E-state index is 0. The maximum absolute atomic E-state index is 11.9. The Bertz CT molecular complexity index is 644. The van der Waals surface area contributed by atoms with Crippen LogP contribution < -0.4 is 20.2 Å². The fraction of sp³-hybridized carbons (Fsp3) is 0.923. The molecule has 8 atom stereocenters. The van der Waals surface area contributed by atoms with Crippen molar-refractivity contribution in [1.29, 1.82) is 0 Å². The van der Waals surface area contributed by atoms with Crippen LogP contribution in [0.15, 0.2) is 0 Å².